The lowest BCUT2D eigenvalue weighted by Crippen LogP contribution is -2.43. The molecule has 4 rings (SSSR count). The summed E-state index contributed by atoms with van der Waals surface area (Å²) < 4.78 is 41.7. The largest absolute Gasteiger partial charge is 0.492 e. The summed E-state index contributed by atoms with van der Waals surface area (Å²) in [5.74, 6) is 0.177. The molecular weight excluding hydrogens is 412 g/mol. The number of fused-ring (bicyclic) bond motifs is 1. The van der Waals surface area contributed by atoms with Crippen LogP contribution < -0.4 is 10.1 Å². The zero-order valence-corrected chi connectivity index (χ0v) is 17.4. The number of benzene rings is 2. The number of sulfonamides is 1. The van der Waals surface area contributed by atoms with E-state index in [-0.39, 0.29) is 17.3 Å². The number of amides is 1. The van der Waals surface area contributed by atoms with Gasteiger partial charge in [-0.1, -0.05) is 18.2 Å². The first-order chi connectivity index (χ1) is 14.0. The van der Waals surface area contributed by atoms with Crippen molar-refractivity contribution in [1.82, 2.24) is 13.1 Å². The maximum atomic E-state index is 13.3. The summed E-state index contributed by atoms with van der Waals surface area (Å²) in [5.41, 5.74) is 1.39. The van der Waals surface area contributed by atoms with Gasteiger partial charge in [0, 0.05) is 6.54 Å². The van der Waals surface area contributed by atoms with Crippen LogP contribution in [-0.4, -0.2) is 46.6 Å². The summed E-state index contributed by atoms with van der Waals surface area (Å²) in [6, 6.07) is 11.2. The predicted molar refractivity (Wildman–Crippen MR) is 111 cm³/mol. The average Bonchev–Trinajstić information content (AvgIpc) is 3.39. The van der Waals surface area contributed by atoms with Gasteiger partial charge in [-0.15, -0.1) is 0 Å². The lowest BCUT2D eigenvalue weighted by Gasteiger charge is -2.24. The first-order valence-corrected chi connectivity index (χ1v) is 11.4. The van der Waals surface area contributed by atoms with Crippen LogP contribution >= 0.6 is 11.7 Å². The second-order valence-corrected chi connectivity index (χ2v) is 8.97. The maximum absolute atomic E-state index is 13.3. The van der Waals surface area contributed by atoms with Gasteiger partial charge in [-0.25, -0.2) is 8.42 Å². The highest BCUT2D eigenvalue weighted by Crippen LogP contribution is 2.31. The molecule has 0 radical (unpaired) electrons. The third kappa shape index (κ3) is 3.70. The molecule has 1 aliphatic rings. The Bertz CT molecular complexity index is 1150. The molecule has 2 aromatic carbocycles. The molecule has 3 aromatic rings. The molecule has 0 spiro atoms. The Kier molecular flexibility index (Phi) is 5.48. The number of hydrogen-bond donors (Lipinski definition) is 1. The minimum Gasteiger partial charge on any atom is -0.492 e. The van der Waals surface area contributed by atoms with Gasteiger partial charge in [-0.3, -0.25) is 4.79 Å². The van der Waals surface area contributed by atoms with Gasteiger partial charge < -0.3 is 10.1 Å². The van der Waals surface area contributed by atoms with Crippen LogP contribution in [0.1, 0.15) is 19.8 Å². The second-order valence-electron chi connectivity index (χ2n) is 6.58. The van der Waals surface area contributed by atoms with E-state index in [1.54, 1.807) is 30.3 Å². The number of para-hydroxylation sites is 2. The molecule has 1 amide bonds. The standard InChI is InChI=1S/C19H20N4O4S2/c1-2-27-16-10-4-3-7-13(16)20-19(24)15-9-6-12-23(15)29(25,26)17-11-5-8-14-18(17)22-28-21-14/h3-5,7-8,10-11,15H,2,6,9,12H2,1H3,(H,20,24)/t15-/m1/s1. The summed E-state index contributed by atoms with van der Waals surface area (Å²) in [6.45, 7) is 2.60. The van der Waals surface area contributed by atoms with Crippen molar-refractivity contribution in [3.63, 3.8) is 0 Å². The summed E-state index contributed by atoms with van der Waals surface area (Å²) >= 11 is 0.965. The number of nitrogens with zero attached hydrogens (tertiary/aromatic N) is 3. The van der Waals surface area contributed by atoms with E-state index in [0.717, 1.165) is 11.7 Å². The van der Waals surface area contributed by atoms with E-state index in [1.807, 2.05) is 13.0 Å². The van der Waals surface area contributed by atoms with E-state index in [9.17, 15) is 13.2 Å². The van der Waals surface area contributed by atoms with Crippen molar-refractivity contribution in [2.24, 2.45) is 0 Å². The number of anilines is 1. The van der Waals surface area contributed by atoms with E-state index >= 15 is 0 Å². The average molecular weight is 433 g/mol. The van der Waals surface area contributed by atoms with Gasteiger partial charge in [0.25, 0.3) is 0 Å². The zero-order valence-electron chi connectivity index (χ0n) is 15.7. The third-order valence-electron chi connectivity index (χ3n) is 4.79. The highest BCUT2D eigenvalue weighted by Gasteiger charge is 2.40. The number of carbonyl (C=O) groups is 1. The van der Waals surface area contributed by atoms with Crippen molar-refractivity contribution in [1.29, 1.82) is 0 Å². The topological polar surface area (TPSA) is 101 Å². The fraction of sp³-hybridized carbons (Fsp3) is 0.316. The smallest absolute Gasteiger partial charge is 0.246 e. The normalized spacial score (nSPS) is 17.5. The van der Waals surface area contributed by atoms with Gasteiger partial charge in [-0.2, -0.15) is 13.1 Å². The van der Waals surface area contributed by atoms with Crippen molar-refractivity contribution in [2.75, 3.05) is 18.5 Å². The molecule has 1 aromatic heterocycles. The van der Waals surface area contributed by atoms with Crippen LogP contribution in [0.4, 0.5) is 5.69 Å². The molecule has 29 heavy (non-hydrogen) atoms. The predicted octanol–water partition coefficient (Wildman–Crippen LogP) is 2.88. The fourth-order valence-electron chi connectivity index (χ4n) is 3.47. The van der Waals surface area contributed by atoms with Crippen LogP contribution in [0.15, 0.2) is 47.4 Å². The number of carbonyl (C=O) groups excluding carboxylic acids is 1. The third-order valence-corrected chi connectivity index (χ3v) is 7.27. The molecule has 1 saturated heterocycles. The molecule has 10 heteroatoms. The maximum Gasteiger partial charge on any atom is 0.246 e. The number of rotatable bonds is 6. The monoisotopic (exact) mass is 432 g/mol. The molecular formula is C19H20N4O4S2. The van der Waals surface area contributed by atoms with Gasteiger partial charge in [0.15, 0.2) is 0 Å². The van der Waals surface area contributed by atoms with E-state index < -0.39 is 16.1 Å². The summed E-state index contributed by atoms with van der Waals surface area (Å²) in [6.07, 6.45) is 1.06. The van der Waals surface area contributed by atoms with Gasteiger partial charge in [0.1, 0.15) is 27.7 Å². The Morgan fingerprint density at radius 1 is 1.24 bits per heavy atom. The Hall–Kier alpha value is -2.56. The molecule has 2 heterocycles. The van der Waals surface area contributed by atoms with Gasteiger partial charge >= 0.3 is 0 Å². The second kappa shape index (κ2) is 8.05. The van der Waals surface area contributed by atoms with Crippen molar-refractivity contribution in [2.45, 2.75) is 30.7 Å². The lowest BCUT2D eigenvalue weighted by molar-refractivity contribution is -0.119. The summed E-state index contributed by atoms with van der Waals surface area (Å²) in [4.78, 5) is 13.1. The minimum absolute atomic E-state index is 0.0816. The van der Waals surface area contributed by atoms with E-state index in [0.29, 0.717) is 41.9 Å². The molecule has 0 bridgehead atoms. The molecule has 8 nitrogen and oxygen atoms in total. The highest BCUT2D eigenvalue weighted by atomic mass is 32.2. The van der Waals surface area contributed by atoms with Crippen molar-refractivity contribution in [3.8, 4) is 5.75 Å². The molecule has 1 fully saturated rings. The van der Waals surface area contributed by atoms with E-state index in [2.05, 4.69) is 14.1 Å². The van der Waals surface area contributed by atoms with Crippen molar-refractivity contribution in [3.05, 3.63) is 42.5 Å². The summed E-state index contributed by atoms with van der Waals surface area (Å²) in [7, 11) is -3.90. The number of nitrogens with one attached hydrogen (secondary N) is 1. The Balaban J connectivity index is 1.62. The van der Waals surface area contributed by atoms with Gasteiger partial charge in [0.2, 0.25) is 15.9 Å². The van der Waals surface area contributed by atoms with Gasteiger partial charge in [0.05, 0.1) is 24.0 Å². The lowest BCUT2D eigenvalue weighted by atomic mass is 10.2. The molecule has 1 aliphatic heterocycles. The van der Waals surface area contributed by atoms with Gasteiger partial charge in [-0.05, 0) is 44.0 Å². The highest BCUT2D eigenvalue weighted by molar-refractivity contribution is 7.89. The molecule has 0 unspecified atom stereocenters. The molecule has 0 saturated carbocycles. The quantitative estimate of drug-likeness (QED) is 0.643. The minimum atomic E-state index is -3.90. The number of ether oxygens (including phenoxy) is 1. The van der Waals surface area contributed by atoms with Crippen LogP contribution in [0.5, 0.6) is 5.75 Å². The summed E-state index contributed by atoms with van der Waals surface area (Å²) in [5, 5.41) is 2.83. The Morgan fingerprint density at radius 2 is 2.07 bits per heavy atom. The van der Waals surface area contributed by atoms with E-state index in [1.165, 1.54) is 10.4 Å². The Labute approximate surface area is 172 Å². The molecule has 152 valence electrons. The van der Waals surface area contributed by atoms with Crippen LogP contribution in [-0.2, 0) is 14.8 Å². The van der Waals surface area contributed by atoms with Crippen LogP contribution in [0.25, 0.3) is 11.0 Å². The van der Waals surface area contributed by atoms with Crippen LogP contribution in [0.3, 0.4) is 0 Å². The first-order valence-electron chi connectivity index (χ1n) is 9.28. The number of hydrogen-bond acceptors (Lipinski definition) is 7. The van der Waals surface area contributed by atoms with Crippen LogP contribution in [0.2, 0.25) is 0 Å². The molecule has 1 atom stereocenters. The van der Waals surface area contributed by atoms with E-state index in [4.69, 9.17) is 4.74 Å². The fourth-order valence-corrected chi connectivity index (χ4v) is 5.88. The van der Waals surface area contributed by atoms with Crippen LogP contribution in [0, 0.1) is 0 Å². The number of aromatic nitrogens is 2. The Morgan fingerprint density at radius 3 is 2.90 bits per heavy atom. The SMILES string of the molecule is CCOc1ccccc1NC(=O)[C@H]1CCCN1S(=O)(=O)c1cccc2nsnc12. The molecule has 0 aliphatic carbocycles. The molecule has 1 N–H and O–H groups in total. The van der Waals surface area contributed by atoms with Crippen molar-refractivity contribution >= 4 is 44.4 Å². The van der Waals surface area contributed by atoms with Crippen molar-refractivity contribution < 1.29 is 17.9 Å². The first kappa shape index (κ1) is 19.7. The zero-order chi connectivity index (χ0) is 20.4.